The minimum absolute atomic E-state index is 0.317. The number of aromatic nitrogens is 2. The van der Waals surface area contributed by atoms with Crippen molar-refractivity contribution in [1.82, 2.24) is 10.2 Å². The van der Waals surface area contributed by atoms with E-state index >= 15 is 0 Å². The minimum atomic E-state index is -0.469. The van der Waals surface area contributed by atoms with Crippen LogP contribution in [0.4, 0.5) is 4.39 Å². The van der Waals surface area contributed by atoms with E-state index in [0.717, 1.165) is 18.4 Å². The molecule has 1 atom stereocenters. The molecule has 1 aromatic heterocycles. The number of rotatable bonds is 5. The highest BCUT2D eigenvalue weighted by molar-refractivity contribution is 6.30. The summed E-state index contributed by atoms with van der Waals surface area (Å²) >= 11 is 6.23. The summed E-state index contributed by atoms with van der Waals surface area (Å²) in [5.41, 5.74) is 0.592. The van der Waals surface area contributed by atoms with Gasteiger partial charge in [-0.1, -0.05) is 23.7 Å². The average molecular weight is 403 g/mol. The molecule has 1 saturated heterocycles. The number of benzene rings is 2. The normalized spacial score (nSPS) is 17.2. The predicted molar refractivity (Wildman–Crippen MR) is 102 cm³/mol. The third-order valence-corrected chi connectivity index (χ3v) is 5.28. The molecule has 0 N–H and O–H groups in total. The van der Waals surface area contributed by atoms with Gasteiger partial charge in [0.1, 0.15) is 11.6 Å². The molecule has 3 aromatic rings. The van der Waals surface area contributed by atoms with E-state index in [1.807, 2.05) is 31.2 Å². The van der Waals surface area contributed by atoms with Crippen molar-refractivity contribution in [1.29, 1.82) is 0 Å². The summed E-state index contributed by atoms with van der Waals surface area (Å²) in [6.07, 6.45) is 0.979. The summed E-state index contributed by atoms with van der Waals surface area (Å²) in [4.78, 5) is 0. The molecule has 5 nitrogen and oxygen atoms in total. The van der Waals surface area contributed by atoms with Gasteiger partial charge in [-0.05, 0) is 61.7 Å². The van der Waals surface area contributed by atoms with Crippen molar-refractivity contribution < 1.29 is 18.3 Å². The predicted octanol–water partition coefficient (Wildman–Crippen LogP) is 5.10. The van der Waals surface area contributed by atoms with E-state index in [9.17, 15) is 4.39 Å². The Hall–Kier alpha value is -2.44. The van der Waals surface area contributed by atoms with Crippen molar-refractivity contribution in [2.45, 2.75) is 31.3 Å². The van der Waals surface area contributed by atoms with Gasteiger partial charge in [-0.25, -0.2) is 4.39 Å². The van der Waals surface area contributed by atoms with E-state index in [0.29, 0.717) is 35.8 Å². The molecule has 1 aliphatic rings. The number of hydrogen-bond acceptors (Lipinski definition) is 5. The number of nitrogens with zero attached hydrogens (tertiary/aromatic N) is 2. The summed E-state index contributed by atoms with van der Waals surface area (Å²) in [6, 6.07) is 13.6. The molecule has 0 unspecified atom stereocenters. The Balaban J connectivity index is 1.62. The molecule has 0 spiro atoms. The first kappa shape index (κ1) is 18.9. The highest BCUT2D eigenvalue weighted by Gasteiger charge is 2.41. The Morgan fingerprint density at radius 3 is 2.57 bits per heavy atom. The molecule has 0 radical (unpaired) electrons. The lowest BCUT2D eigenvalue weighted by molar-refractivity contribution is 0.0530. The summed E-state index contributed by atoms with van der Waals surface area (Å²) in [5.74, 6) is 1.11. The molecule has 28 heavy (non-hydrogen) atoms. The van der Waals surface area contributed by atoms with Crippen LogP contribution in [-0.4, -0.2) is 23.4 Å². The molecule has 2 heterocycles. The Labute approximate surface area is 167 Å². The fourth-order valence-corrected chi connectivity index (χ4v) is 3.68. The van der Waals surface area contributed by atoms with Crippen molar-refractivity contribution in [3.05, 3.63) is 76.7 Å². The van der Waals surface area contributed by atoms with Gasteiger partial charge in [-0.2, -0.15) is 0 Å². The molecule has 4 rings (SSSR count). The smallest absolute Gasteiger partial charge is 0.256 e. The second kappa shape index (κ2) is 7.89. The van der Waals surface area contributed by atoms with Crippen molar-refractivity contribution in [2.75, 3.05) is 13.2 Å². The largest absolute Gasteiger partial charge is 0.481 e. The molecule has 1 fully saturated rings. The van der Waals surface area contributed by atoms with Crippen LogP contribution in [0.2, 0.25) is 5.02 Å². The van der Waals surface area contributed by atoms with Gasteiger partial charge in [0.25, 0.3) is 5.89 Å². The zero-order valence-electron chi connectivity index (χ0n) is 15.4. The molecule has 0 amide bonds. The fraction of sp³-hybridized carbons (Fsp3) is 0.333. The SMILES string of the molecule is C[C@H](Oc1ccc(F)cc1)c1nnc(C2(c3cccc(Cl)c3)CCOCC2)o1. The minimum Gasteiger partial charge on any atom is -0.481 e. The van der Waals surface area contributed by atoms with Crippen molar-refractivity contribution >= 4 is 11.6 Å². The summed E-state index contributed by atoms with van der Waals surface area (Å²) < 4.78 is 30.5. The molecular formula is C21H20ClFN2O3. The first-order valence-electron chi connectivity index (χ1n) is 9.17. The lowest BCUT2D eigenvalue weighted by Crippen LogP contribution is -2.35. The third-order valence-electron chi connectivity index (χ3n) is 5.05. The van der Waals surface area contributed by atoms with Crippen molar-refractivity contribution in [3.8, 4) is 5.75 Å². The standard InChI is InChI=1S/C21H20ClFN2O3/c1-14(27-18-7-5-17(23)6-8-18)19-24-25-20(28-19)21(9-11-26-12-10-21)15-3-2-4-16(22)13-15/h2-8,13-14H,9-12H2,1H3/t14-/m0/s1. The maximum Gasteiger partial charge on any atom is 0.256 e. The van der Waals surface area contributed by atoms with Crippen molar-refractivity contribution in [2.24, 2.45) is 0 Å². The summed E-state index contributed by atoms with van der Waals surface area (Å²) in [6.45, 7) is 3.02. The molecule has 7 heteroatoms. The van der Waals surface area contributed by atoms with Gasteiger partial charge < -0.3 is 13.9 Å². The van der Waals surface area contributed by atoms with E-state index in [1.54, 1.807) is 12.1 Å². The first-order chi connectivity index (χ1) is 13.6. The van der Waals surface area contributed by atoms with Gasteiger partial charge in [0.05, 0.1) is 5.41 Å². The van der Waals surface area contributed by atoms with Crippen LogP contribution in [0.3, 0.4) is 0 Å². The van der Waals surface area contributed by atoms with Gasteiger partial charge in [0.2, 0.25) is 5.89 Å². The second-order valence-corrected chi connectivity index (χ2v) is 7.30. The fourth-order valence-electron chi connectivity index (χ4n) is 3.49. The van der Waals surface area contributed by atoms with Crippen LogP contribution in [0.15, 0.2) is 52.9 Å². The zero-order valence-corrected chi connectivity index (χ0v) is 16.2. The number of hydrogen-bond donors (Lipinski definition) is 0. The molecule has 0 bridgehead atoms. The summed E-state index contributed by atoms with van der Waals surface area (Å²) in [5, 5.41) is 9.21. The van der Waals surface area contributed by atoms with Gasteiger partial charge in [0.15, 0.2) is 6.10 Å². The number of ether oxygens (including phenoxy) is 2. The van der Waals surface area contributed by atoms with Crippen LogP contribution in [-0.2, 0) is 10.2 Å². The third kappa shape index (κ3) is 3.75. The lowest BCUT2D eigenvalue weighted by Gasteiger charge is -2.34. The van der Waals surface area contributed by atoms with Crippen LogP contribution in [0.5, 0.6) is 5.75 Å². The second-order valence-electron chi connectivity index (χ2n) is 6.86. The molecule has 0 saturated carbocycles. The molecule has 1 aliphatic heterocycles. The van der Waals surface area contributed by atoms with Gasteiger partial charge in [0, 0.05) is 18.2 Å². The van der Waals surface area contributed by atoms with Gasteiger partial charge in [-0.3, -0.25) is 0 Å². The Morgan fingerprint density at radius 1 is 1.11 bits per heavy atom. The van der Waals surface area contributed by atoms with E-state index in [-0.39, 0.29) is 5.82 Å². The molecule has 2 aromatic carbocycles. The van der Waals surface area contributed by atoms with Crippen LogP contribution in [0.25, 0.3) is 0 Å². The first-order valence-corrected chi connectivity index (χ1v) is 9.54. The molecular weight excluding hydrogens is 383 g/mol. The van der Waals surface area contributed by atoms with Crippen LogP contribution >= 0.6 is 11.6 Å². The van der Waals surface area contributed by atoms with Crippen molar-refractivity contribution in [3.63, 3.8) is 0 Å². The van der Waals surface area contributed by atoms with E-state index in [1.165, 1.54) is 12.1 Å². The maximum absolute atomic E-state index is 13.1. The van der Waals surface area contributed by atoms with E-state index in [2.05, 4.69) is 10.2 Å². The maximum atomic E-state index is 13.1. The number of halogens is 2. The monoisotopic (exact) mass is 402 g/mol. The Morgan fingerprint density at radius 2 is 1.86 bits per heavy atom. The van der Waals surface area contributed by atoms with E-state index in [4.69, 9.17) is 25.5 Å². The van der Waals surface area contributed by atoms with Crippen LogP contribution < -0.4 is 4.74 Å². The van der Waals surface area contributed by atoms with Crippen LogP contribution in [0.1, 0.15) is 43.2 Å². The highest BCUT2D eigenvalue weighted by Crippen LogP contribution is 2.41. The van der Waals surface area contributed by atoms with Gasteiger partial charge in [-0.15, -0.1) is 10.2 Å². The molecule has 146 valence electrons. The lowest BCUT2D eigenvalue weighted by atomic mass is 9.74. The Bertz CT molecular complexity index is 939. The zero-order chi connectivity index (χ0) is 19.6. The Kier molecular flexibility index (Phi) is 5.33. The van der Waals surface area contributed by atoms with Gasteiger partial charge >= 0.3 is 0 Å². The highest BCUT2D eigenvalue weighted by atomic mass is 35.5. The molecule has 0 aliphatic carbocycles. The average Bonchev–Trinajstić information content (AvgIpc) is 3.21. The van der Waals surface area contributed by atoms with E-state index < -0.39 is 11.5 Å². The summed E-state index contributed by atoms with van der Waals surface area (Å²) in [7, 11) is 0. The quantitative estimate of drug-likeness (QED) is 0.594. The topological polar surface area (TPSA) is 57.4 Å². The van der Waals surface area contributed by atoms with Crippen LogP contribution in [0, 0.1) is 5.82 Å².